The zero-order chi connectivity index (χ0) is 22.7. The predicted octanol–water partition coefficient (Wildman–Crippen LogP) is 5.99. The average Bonchev–Trinajstić information content (AvgIpc) is 2.90. The second kappa shape index (κ2) is 9.39. The van der Waals surface area contributed by atoms with E-state index in [9.17, 15) is 4.57 Å². The van der Waals surface area contributed by atoms with E-state index in [1.165, 1.54) is 16.7 Å². The van der Waals surface area contributed by atoms with Gasteiger partial charge in [-0.25, -0.2) is 0 Å². The summed E-state index contributed by atoms with van der Waals surface area (Å²) in [6, 6.07) is 36.3. The van der Waals surface area contributed by atoms with E-state index in [1.807, 2.05) is 78.9 Å². The van der Waals surface area contributed by atoms with E-state index in [4.69, 9.17) is 4.74 Å². The third-order valence-electron chi connectivity index (χ3n) is 6.62. The van der Waals surface area contributed by atoms with Crippen LogP contribution in [0.1, 0.15) is 35.1 Å². The van der Waals surface area contributed by atoms with E-state index in [1.54, 1.807) is 7.11 Å². The quantitative estimate of drug-likeness (QED) is 0.365. The van der Waals surface area contributed by atoms with Crippen molar-refractivity contribution >= 4 is 17.9 Å². The molecule has 4 heteroatoms. The van der Waals surface area contributed by atoms with Gasteiger partial charge in [0, 0.05) is 22.6 Å². The summed E-state index contributed by atoms with van der Waals surface area (Å²) in [7, 11) is -1.40. The van der Waals surface area contributed by atoms with Gasteiger partial charge in [-0.3, -0.25) is 9.65 Å². The predicted molar refractivity (Wildman–Crippen MR) is 136 cm³/mol. The van der Waals surface area contributed by atoms with E-state index in [0.717, 1.165) is 29.2 Å². The summed E-state index contributed by atoms with van der Waals surface area (Å²) in [5, 5.41) is 5.36. The number of hydrogen-bond acceptors (Lipinski definition) is 2. The molecule has 1 N–H and O–H groups in total. The zero-order valence-corrected chi connectivity index (χ0v) is 19.6. The Balaban J connectivity index is 1.67. The SMILES string of the molecule is COc1cccc2c1CC[C@H](c1ccccc1)[C@@H]2NP(=O)(c1ccccc1)c1ccccc1. The molecule has 0 unspecified atom stereocenters. The monoisotopic (exact) mass is 453 g/mol. The lowest BCUT2D eigenvalue weighted by molar-refractivity contribution is 0.392. The standard InChI is InChI=1S/C29H28NO2P/c1-32-28-19-11-18-27-26(28)21-20-25(22-12-5-2-6-13-22)29(27)30-33(31,23-14-7-3-8-15-23)24-16-9-4-10-17-24/h2-19,25,29H,20-21H2,1H3,(H,30,31)/t25-,29+/m1/s1. The first-order chi connectivity index (χ1) is 16.2. The maximum Gasteiger partial charge on any atom is 0.205 e. The Hall–Kier alpha value is -3.13. The van der Waals surface area contributed by atoms with Crippen LogP contribution in [-0.4, -0.2) is 7.11 Å². The maximum atomic E-state index is 14.9. The lowest BCUT2D eigenvalue weighted by Crippen LogP contribution is -2.35. The lowest BCUT2D eigenvalue weighted by Gasteiger charge is -2.38. The summed E-state index contributed by atoms with van der Waals surface area (Å²) in [6.07, 6.45) is 1.89. The van der Waals surface area contributed by atoms with Crippen molar-refractivity contribution in [2.45, 2.75) is 24.8 Å². The maximum absolute atomic E-state index is 14.9. The van der Waals surface area contributed by atoms with Crippen LogP contribution in [0.3, 0.4) is 0 Å². The molecule has 0 heterocycles. The minimum atomic E-state index is -3.12. The first-order valence-electron chi connectivity index (χ1n) is 11.4. The van der Waals surface area contributed by atoms with Crippen LogP contribution in [0.25, 0.3) is 0 Å². The van der Waals surface area contributed by atoms with Crippen LogP contribution in [-0.2, 0) is 11.0 Å². The molecule has 0 aromatic heterocycles. The summed E-state index contributed by atoms with van der Waals surface area (Å²) in [5.41, 5.74) is 3.63. The van der Waals surface area contributed by atoms with Crippen LogP contribution < -0.4 is 20.4 Å². The van der Waals surface area contributed by atoms with Gasteiger partial charge in [-0.15, -0.1) is 0 Å². The Morgan fingerprint density at radius 1 is 0.758 bits per heavy atom. The van der Waals surface area contributed by atoms with Gasteiger partial charge in [0.1, 0.15) is 5.75 Å². The van der Waals surface area contributed by atoms with E-state index in [0.29, 0.717) is 0 Å². The fraction of sp³-hybridized carbons (Fsp3) is 0.172. The van der Waals surface area contributed by atoms with Crippen molar-refractivity contribution < 1.29 is 9.30 Å². The van der Waals surface area contributed by atoms with Gasteiger partial charge in [0.2, 0.25) is 7.29 Å². The molecule has 166 valence electrons. The minimum Gasteiger partial charge on any atom is -0.496 e. The molecule has 1 aliphatic rings. The van der Waals surface area contributed by atoms with Crippen LogP contribution >= 0.6 is 7.29 Å². The number of nitrogens with one attached hydrogen (secondary N) is 1. The van der Waals surface area contributed by atoms with Gasteiger partial charge in [0.15, 0.2) is 0 Å². The number of hydrogen-bond donors (Lipinski definition) is 1. The first-order valence-corrected chi connectivity index (χ1v) is 13.1. The number of benzene rings is 4. The number of fused-ring (bicyclic) bond motifs is 1. The molecule has 0 bridgehead atoms. The van der Waals surface area contributed by atoms with Gasteiger partial charge in [-0.2, -0.15) is 0 Å². The Morgan fingerprint density at radius 3 is 1.91 bits per heavy atom. The molecule has 0 aliphatic heterocycles. The molecule has 4 aromatic carbocycles. The number of ether oxygens (including phenoxy) is 1. The smallest absolute Gasteiger partial charge is 0.205 e. The van der Waals surface area contributed by atoms with E-state index in [2.05, 4.69) is 35.4 Å². The highest BCUT2D eigenvalue weighted by Crippen LogP contribution is 2.50. The first kappa shape index (κ1) is 21.7. The van der Waals surface area contributed by atoms with Crippen molar-refractivity contribution in [3.05, 3.63) is 126 Å². The van der Waals surface area contributed by atoms with Crippen molar-refractivity contribution in [3.63, 3.8) is 0 Å². The lowest BCUT2D eigenvalue weighted by atomic mass is 9.76. The van der Waals surface area contributed by atoms with Crippen LogP contribution in [0, 0.1) is 0 Å². The Bertz CT molecular complexity index is 1220. The van der Waals surface area contributed by atoms with E-state index in [-0.39, 0.29) is 12.0 Å². The van der Waals surface area contributed by atoms with Crippen molar-refractivity contribution in [3.8, 4) is 5.75 Å². The van der Waals surface area contributed by atoms with Gasteiger partial charge in [-0.05, 0) is 59.9 Å². The largest absolute Gasteiger partial charge is 0.496 e. The topological polar surface area (TPSA) is 38.3 Å². The van der Waals surface area contributed by atoms with Crippen LogP contribution in [0.4, 0.5) is 0 Å². The van der Waals surface area contributed by atoms with Crippen LogP contribution in [0.5, 0.6) is 5.75 Å². The van der Waals surface area contributed by atoms with Gasteiger partial charge in [0.25, 0.3) is 0 Å². The van der Waals surface area contributed by atoms with Gasteiger partial charge >= 0.3 is 0 Å². The Labute approximate surface area is 195 Å². The van der Waals surface area contributed by atoms with E-state index < -0.39 is 7.29 Å². The molecule has 2 atom stereocenters. The van der Waals surface area contributed by atoms with Gasteiger partial charge < -0.3 is 4.74 Å². The van der Waals surface area contributed by atoms with Crippen LogP contribution in [0.15, 0.2) is 109 Å². The third-order valence-corrected chi connectivity index (χ3v) is 9.31. The molecule has 0 fully saturated rings. The molecule has 33 heavy (non-hydrogen) atoms. The van der Waals surface area contributed by atoms with Crippen molar-refractivity contribution in [2.24, 2.45) is 0 Å². The average molecular weight is 454 g/mol. The van der Waals surface area contributed by atoms with Gasteiger partial charge in [0.05, 0.1) is 7.11 Å². The second-order valence-corrected chi connectivity index (χ2v) is 11.0. The highest BCUT2D eigenvalue weighted by molar-refractivity contribution is 7.76. The molecule has 4 aromatic rings. The van der Waals surface area contributed by atoms with Crippen molar-refractivity contribution in [1.82, 2.24) is 5.09 Å². The fourth-order valence-corrected chi connectivity index (χ4v) is 7.50. The molecule has 0 radical (unpaired) electrons. The molecule has 0 saturated carbocycles. The molecule has 5 rings (SSSR count). The molecule has 0 amide bonds. The highest BCUT2D eigenvalue weighted by Gasteiger charge is 2.38. The summed E-state index contributed by atoms with van der Waals surface area (Å²) >= 11 is 0. The number of methoxy groups -OCH3 is 1. The normalized spacial score (nSPS) is 17.8. The fourth-order valence-electron chi connectivity index (χ4n) is 5.00. The number of rotatable bonds is 6. The minimum absolute atomic E-state index is 0.113. The molecule has 3 nitrogen and oxygen atoms in total. The molecular formula is C29H28NO2P. The zero-order valence-electron chi connectivity index (χ0n) is 18.7. The molecule has 1 aliphatic carbocycles. The third kappa shape index (κ3) is 4.15. The van der Waals surface area contributed by atoms with Gasteiger partial charge in [-0.1, -0.05) is 78.9 Å². The Kier molecular flexibility index (Phi) is 6.17. The Morgan fingerprint density at radius 2 is 1.33 bits per heavy atom. The van der Waals surface area contributed by atoms with Crippen molar-refractivity contribution in [2.75, 3.05) is 7.11 Å². The van der Waals surface area contributed by atoms with Crippen molar-refractivity contribution in [1.29, 1.82) is 0 Å². The molecule has 0 spiro atoms. The second-order valence-electron chi connectivity index (χ2n) is 8.47. The molecular weight excluding hydrogens is 425 g/mol. The van der Waals surface area contributed by atoms with Crippen LogP contribution in [0.2, 0.25) is 0 Å². The van der Waals surface area contributed by atoms with E-state index >= 15 is 0 Å². The molecule has 0 saturated heterocycles. The summed E-state index contributed by atoms with van der Waals surface area (Å²) < 4.78 is 20.6. The summed E-state index contributed by atoms with van der Waals surface area (Å²) in [5.74, 6) is 1.10. The summed E-state index contributed by atoms with van der Waals surface area (Å²) in [6.45, 7) is 0. The highest BCUT2D eigenvalue weighted by atomic mass is 31.2. The summed E-state index contributed by atoms with van der Waals surface area (Å²) in [4.78, 5) is 0.